The lowest BCUT2D eigenvalue weighted by molar-refractivity contribution is -0.0390. The van der Waals surface area contributed by atoms with Crippen LogP contribution in [0.5, 0.6) is 0 Å². The Hall–Kier alpha value is -1.24. The highest BCUT2D eigenvalue weighted by molar-refractivity contribution is 8.00. The second-order valence-corrected chi connectivity index (χ2v) is 9.94. The molecule has 0 atom stereocenters. The highest BCUT2D eigenvalue weighted by Gasteiger charge is 2.28. The van der Waals surface area contributed by atoms with Gasteiger partial charge in [0.1, 0.15) is 0 Å². The Morgan fingerprint density at radius 1 is 1.32 bits per heavy atom. The number of rotatable bonds is 6. The van der Waals surface area contributed by atoms with Crippen molar-refractivity contribution in [3.8, 4) is 0 Å². The van der Waals surface area contributed by atoms with Gasteiger partial charge in [-0.05, 0) is 44.7 Å². The second kappa shape index (κ2) is 10.5. The van der Waals surface area contributed by atoms with Crippen LogP contribution in [0, 0.1) is 0 Å². The number of ether oxygens (including phenoxy) is 2. The van der Waals surface area contributed by atoms with Gasteiger partial charge in [-0.1, -0.05) is 24.3 Å². The van der Waals surface area contributed by atoms with Crippen molar-refractivity contribution >= 4 is 17.7 Å². The molecule has 2 heterocycles. The van der Waals surface area contributed by atoms with Crippen molar-refractivity contribution in [2.45, 2.75) is 57.6 Å². The molecule has 2 aliphatic rings. The van der Waals surface area contributed by atoms with Crippen molar-refractivity contribution in [3.05, 3.63) is 35.4 Å². The van der Waals surface area contributed by atoms with Crippen LogP contribution < -0.4 is 5.32 Å². The summed E-state index contributed by atoms with van der Waals surface area (Å²) in [5.41, 5.74) is 2.45. The van der Waals surface area contributed by atoms with E-state index in [9.17, 15) is 0 Å². The lowest BCUT2D eigenvalue weighted by atomic mass is 10.1. The standard InChI is InChI=1S/C22H35N3O2S/c1-4-23-21(25-10-13-28-22(2,3)17-25)24-15-18-6-5-7-19(14-18)16-27-20-8-11-26-12-9-20/h5-7,14,20H,4,8-13,15-17H2,1-3H3,(H,23,24). The summed E-state index contributed by atoms with van der Waals surface area (Å²) in [6.07, 6.45) is 2.33. The third kappa shape index (κ3) is 6.68. The van der Waals surface area contributed by atoms with Gasteiger partial charge in [-0.15, -0.1) is 0 Å². The lowest BCUT2D eigenvalue weighted by Crippen LogP contribution is -2.50. The van der Waals surface area contributed by atoms with Crippen molar-refractivity contribution in [3.63, 3.8) is 0 Å². The lowest BCUT2D eigenvalue weighted by Gasteiger charge is -2.39. The van der Waals surface area contributed by atoms with Gasteiger partial charge in [0.15, 0.2) is 5.96 Å². The highest BCUT2D eigenvalue weighted by atomic mass is 32.2. The van der Waals surface area contributed by atoms with Crippen LogP contribution in [0.3, 0.4) is 0 Å². The topological polar surface area (TPSA) is 46.1 Å². The van der Waals surface area contributed by atoms with E-state index in [1.165, 1.54) is 11.1 Å². The van der Waals surface area contributed by atoms with Gasteiger partial charge in [-0.2, -0.15) is 11.8 Å². The smallest absolute Gasteiger partial charge is 0.194 e. The van der Waals surface area contributed by atoms with Crippen molar-refractivity contribution < 1.29 is 9.47 Å². The third-order valence-corrected chi connectivity index (χ3v) is 6.41. The molecular formula is C22H35N3O2S. The fraction of sp³-hybridized carbons (Fsp3) is 0.682. The Morgan fingerprint density at radius 2 is 2.11 bits per heavy atom. The predicted octanol–water partition coefficient (Wildman–Crippen LogP) is 3.68. The maximum Gasteiger partial charge on any atom is 0.194 e. The molecule has 1 aromatic rings. The number of aliphatic imine (C=N–C) groups is 1. The normalized spacial score (nSPS) is 21.0. The number of thioether (sulfide) groups is 1. The Balaban J connectivity index is 1.59. The third-order valence-electron chi connectivity index (χ3n) is 5.12. The van der Waals surface area contributed by atoms with E-state index in [1.54, 1.807) is 0 Å². The van der Waals surface area contributed by atoms with Gasteiger partial charge >= 0.3 is 0 Å². The molecule has 0 unspecified atom stereocenters. The first-order chi connectivity index (χ1) is 13.6. The summed E-state index contributed by atoms with van der Waals surface area (Å²) < 4.78 is 11.7. The Morgan fingerprint density at radius 3 is 2.86 bits per heavy atom. The van der Waals surface area contributed by atoms with Crippen molar-refractivity contribution in [1.29, 1.82) is 0 Å². The summed E-state index contributed by atoms with van der Waals surface area (Å²) in [5.74, 6) is 2.18. The molecule has 2 saturated heterocycles. The van der Waals surface area contributed by atoms with E-state index >= 15 is 0 Å². The molecule has 0 radical (unpaired) electrons. The largest absolute Gasteiger partial charge is 0.381 e. The maximum absolute atomic E-state index is 6.07. The van der Waals surface area contributed by atoms with Crippen molar-refractivity contribution in [2.75, 3.05) is 38.6 Å². The minimum Gasteiger partial charge on any atom is -0.381 e. The molecule has 5 nitrogen and oxygen atoms in total. The molecule has 156 valence electrons. The molecule has 0 aromatic heterocycles. The number of nitrogens with zero attached hydrogens (tertiary/aromatic N) is 2. The highest BCUT2D eigenvalue weighted by Crippen LogP contribution is 2.29. The zero-order valence-electron chi connectivity index (χ0n) is 17.6. The van der Waals surface area contributed by atoms with Crippen LogP contribution in [-0.4, -0.2) is 60.3 Å². The van der Waals surface area contributed by atoms with E-state index in [-0.39, 0.29) is 4.75 Å². The first-order valence-electron chi connectivity index (χ1n) is 10.5. The number of hydrogen-bond acceptors (Lipinski definition) is 4. The zero-order valence-corrected chi connectivity index (χ0v) is 18.4. The van der Waals surface area contributed by atoms with Crippen LogP contribution >= 0.6 is 11.8 Å². The van der Waals surface area contributed by atoms with Gasteiger partial charge in [0.25, 0.3) is 0 Å². The van der Waals surface area contributed by atoms with E-state index in [4.69, 9.17) is 14.5 Å². The SMILES string of the molecule is CCNC(=NCc1cccc(COC2CCOCC2)c1)N1CCSC(C)(C)C1. The molecule has 0 spiro atoms. The quantitative estimate of drug-likeness (QED) is 0.578. The summed E-state index contributed by atoms with van der Waals surface area (Å²) in [4.78, 5) is 7.33. The van der Waals surface area contributed by atoms with Crippen molar-refractivity contribution in [2.24, 2.45) is 4.99 Å². The monoisotopic (exact) mass is 405 g/mol. The molecule has 0 bridgehead atoms. The first kappa shape index (κ1) is 21.5. The molecule has 1 N–H and O–H groups in total. The minimum atomic E-state index is 0.274. The van der Waals surface area contributed by atoms with Crippen LogP contribution in [-0.2, 0) is 22.6 Å². The van der Waals surface area contributed by atoms with Crippen molar-refractivity contribution in [1.82, 2.24) is 10.2 Å². The number of benzene rings is 1. The Bertz CT molecular complexity index is 644. The molecule has 28 heavy (non-hydrogen) atoms. The summed E-state index contributed by atoms with van der Waals surface area (Å²) in [6, 6.07) is 8.63. The van der Waals surface area contributed by atoms with Crippen LogP contribution in [0.4, 0.5) is 0 Å². The van der Waals surface area contributed by atoms with Crippen LogP contribution in [0.25, 0.3) is 0 Å². The van der Waals surface area contributed by atoms with Crippen LogP contribution in [0.15, 0.2) is 29.3 Å². The molecule has 0 aliphatic carbocycles. The average Bonchev–Trinajstić information content (AvgIpc) is 2.70. The molecule has 2 fully saturated rings. The van der Waals surface area contributed by atoms with E-state index in [0.717, 1.165) is 57.4 Å². The minimum absolute atomic E-state index is 0.274. The molecule has 3 rings (SSSR count). The van der Waals surface area contributed by atoms with E-state index in [1.807, 2.05) is 11.8 Å². The summed E-state index contributed by atoms with van der Waals surface area (Å²) >= 11 is 2.05. The van der Waals surface area contributed by atoms with E-state index < -0.39 is 0 Å². The predicted molar refractivity (Wildman–Crippen MR) is 118 cm³/mol. The van der Waals surface area contributed by atoms with Crippen LogP contribution in [0.1, 0.15) is 44.7 Å². The van der Waals surface area contributed by atoms with Crippen LogP contribution in [0.2, 0.25) is 0 Å². The summed E-state index contributed by atoms with van der Waals surface area (Å²) in [7, 11) is 0. The van der Waals surface area contributed by atoms with Gasteiger partial charge in [-0.25, -0.2) is 4.99 Å². The average molecular weight is 406 g/mol. The van der Waals surface area contributed by atoms with Gasteiger partial charge in [-0.3, -0.25) is 0 Å². The molecule has 0 saturated carbocycles. The fourth-order valence-electron chi connectivity index (χ4n) is 3.66. The Kier molecular flexibility index (Phi) is 8.06. The number of hydrogen-bond donors (Lipinski definition) is 1. The molecule has 2 aliphatic heterocycles. The maximum atomic E-state index is 6.07. The fourth-order valence-corrected chi connectivity index (χ4v) is 4.78. The molecular weight excluding hydrogens is 370 g/mol. The van der Waals surface area contributed by atoms with Gasteiger partial charge in [0.05, 0.1) is 19.3 Å². The summed E-state index contributed by atoms with van der Waals surface area (Å²) in [6.45, 7) is 12.7. The first-order valence-corrected chi connectivity index (χ1v) is 11.5. The van der Waals surface area contributed by atoms with E-state index in [0.29, 0.717) is 19.3 Å². The summed E-state index contributed by atoms with van der Waals surface area (Å²) in [5, 5.41) is 3.47. The van der Waals surface area contributed by atoms with Gasteiger partial charge in [0.2, 0.25) is 0 Å². The molecule has 0 amide bonds. The Labute approximate surface area is 174 Å². The van der Waals surface area contributed by atoms with E-state index in [2.05, 4.69) is 55.3 Å². The second-order valence-electron chi connectivity index (χ2n) is 8.14. The molecule has 1 aromatic carbocycles. The molecule has 6 heteroatoms. The van der Waals surface area contributed by atoms with Gasteiger partial charge in [0, 0.05) is 43.3 Å². The number of nitrogens with one attached hydrogen (secondary N) is 1. The van der Waals surface area contributed by atoms with Gasteiger partial charge < -0.3 is 19.7 Å². The zero-order chi connectivity index (χ0) is 19.8. The number of guanidine groups is 1.